The van der Waals surface area contributed by atoms with Gasteiger partial charge >= 0.3 is 0 Å². The van der Waals surface area contributed by atoms with Crippen molar-refractivity contribution in [1.82, 2.24) is 29.5 Å². The zero-order chi connectivity index (χ0) is 18.7. The van der Waals surface area contributed by atoms with Crippen molar-refractivity contribution >= 4 is 11.6 Å². The molecule has 2 unspecified atom stereocenters. The minimum atomic E-state index is -0.236. The number of ether oxygens (including phenoxy) is 1. The first-order valence-electron chi connectivity index (χ1n) is 8.95. The van der Waals surface area contributed by atoms with E-state index in [1.807, 2.05) is 0 Å². The number of nitrogens with one attached hydrogen (secondary N) is 1. The molecule has 1 saturated carbocycles. The molecule has 0 spiro atoms. The number of fused-ring (bicyclic) bond motifs is 4. The van der Waals surface area contributed by atoms with Crippen molar-refractivity contribution in [2.45, 2.75) is 25.0 Å². The van der Waals surface area contributed by atoms with Gasteiger partial charge in [0.05, 0.1) is 0 Å². The summed E-state index contributed by atoms with van der Waals surface area (Å²) in [6.45, 7) is 0.301. The van der Waals surface area contributed by atoms with Crippen molar-refractivity contribution in [3.8, 4) is 16.9 Å². The van der Waals surface area contributed by atoms with Crippen molar-refractivity contribution in [3.63, 3.8) is 0 Å². The Morgan fingerprint density at radius 1 is 1.21 bits per heavy atom. The number of rotatable bonds is 4. The Hall–Kier alpha value is -3.62. The first-order valence-corrected chi connectivity index (χ1v) is 8.95. The molecule has 28 heavy (non-hydrogen) atoms. The monoisotopic (exact) mass is 375 g/mol. The van der Waals surface area contributed by atoms with Crippen LogP contribution in [0, 0.1) is 5.82 Å². The number of nitrogens with zero attached hydrogens (tertiary/aromatic N) is 6. The quantitative estimate of drug-likeness (QED) is 0.586. The van der Waals surface area contributed by atoms with Gasteiger partial charge in [0, 0.05) is 53.3 Å². The Morgan fingerprint density at radius 3 is 3.00 bits per heavy atom. The van der Waals surface area contributed by atoms with Crippen LogP contribution >= 0.6 is 0 Å². The van der Waals surface area contributed by atoms with E-state index >= 15 is 0 Å². The summed E-state index contributed by atoms with van der Waals surface area (Å²) in [6.07, 6.45) is 9.30. The zero-order valence-corrected chi connectivity index (χ0v) is 14.6. The molecule has 4 heterocycles. The molecule has 1 N–H and O–H groups in total. The maximum Gasteiger partial charge on any atom is 0.210 e. The fourth-order valence-electron chi connectivity index (χ4n) is 3.83. The smallest absolute Gasteiger partial charge is 0.210 e. The van der Waals surface area contributed by atoms with Crippen LogP contribution in [0.1, 0.15) is 23.5 Å². The van der Waals surface area contributed by atoms with E-state index in [2.05, 4.69) is 30.5 Å². The summed E-state index contributed by atoms with van der Waals surface area (Å²) in [5.41, 5.74) is 3.80. The standard InChI is InChI=1S/C19H14FN7O/c20-14-1-2-15-17(11-3-16(11)28-15)13(14)7-24-19-23-6-12(10-4-21-8-22-5-10)18-26-25-9-27(18)19/h1-2,4-6,8-9,11,16H,3,7H2,(H,23,24). The maximum atomic E-state index is 14.5. The predicted octanol–water partition coefficient (Wildman–Crippen LogP) is 2.58. The van der Waals surface area contributed by atoms with Crippen molar-refractivity contribution in [2.24, 2.45) is 0 Å². The normalized spacial score (nSPS) is 19.2. The summed E-state index contributed by atoms with van der Waals surface area (Å²) >= 11 is 0. The first kappa shape index (κ1) is 15.4. The van der Waals surface area contributed by atoms with Gasteiger partial charge in [-0.2, -0.15) is 0 Å². The summed E-state index contributed by atoms with van der Waals surface area (Å²) < 4.78 is 22.1. The molecule has 1 aliphatic carbocycles. The van der Waals surface area contributed by atoms with Crippen LogP contribution in [-0.4, -0.2) is 35.7 Å². The topological polar surface area (TPSA) is 90.1 Å². The maximum absolute atomic E-state index is 14.5. The minimum Gasteiger partial charge on any atom is -0.489 e. The Morgan fingerprint density at radius 2 is 2.11 bits per heavy atom. The van der Waals surface area contributed by atoms with E-state index in [9.17, 15) is 4.39 Å². The van der Waals surface area contributed by atoms with E-state index in [1.54, 1.807) is 35.4 Å². The van der Waals surface area contributed by atoms with Crippen LogP contribution in [0.4, 0.5) is 10.3 Å². The van der Waals surface area contributed by atoms with E-state index in [4.69, 9.17) is 4.74 Å². The number of aromatic nitrogens is 6. The molecule has 0 bridgehead atoms. The third-order valence-corrected chi connectivity index (χ3v) is 5.27. The van der Waals surface area contributed by atoms with Gasteiger partial charge < -0.3 is 10.1 Å². The third kappa shape index (κ3) is 2.25. The van der Waals surface area contributed by atoms with Crippen LogP contribution in [0.5, 0.6) is 5.75 Å². The largest absolute Gasteiger partial charge is 0.489 e. The second-order valence-electron chi connectivity index (χ2n) is 6.94. The van der Waals surface area contributed by atoms with Crippen LogP contribution in [0.2, 0.25) is 0 Å². The second kappa shape index (κ2) is 5.69. The van der Waals surface area contributed by atoms with Gasteiger partial charge in [-0.3, -0.25) is 4.40 Å². The van der Waals surface area contributed by atoms with Crippen LogP contribution in [-0.2, 0) is 6.54 Å². The molecule has 2 atom stereocenters. The van der Waals surface area contributed by atoms with Gasteiger partial charge in [-0.15, -0.1) is 10.2 Å². The lowest BCUT2D eigenvalue weighted by Gasteiger charge is -2.13. The summed E-state index contributed by atoms with van der Waals surface area (Å²) in [6, 6.07) is 3.17. The number of hydrogen-bond donors (Lipinski definition) is 1. The third-order valence-electron chi connectivity index (χ3n) is 5.27. The fraction of sp³-hybridized carbons (Fsp3) is 0.211. The number of anilines is 1. The molecule has 1 aliphatic heterocycles. The van der Waals surface area contributed by atoms with E-state index in [0.717, 1.165) is 28.9 Å². The molecule has 3 aromatic heterocycles. The SMILES string of the molecule is Fc1ccc2c(c1CNc1ncc(-c3cncnc3)c3nncn13)C1CC1O2. The first-order chi connectivity index (χ1) is 13.8. The molecule has 0 saturated heterocycles. The fourth-order valence-corrected chi connectivity index (χ4v) is 3.83. The van der Waals surface area contributed by atoms with E-state index in [1.165, 1.54) is 12.4 Å². The summed E-state index contributed by atoms with van der Waals surface area (Å²) in [5, 5.41) is 11.4. The molecule has 1 aromatic carbocycles. The van der Waals surface area contributed by atoms with Crippen LogP contribution in [0.3, 0.4) is 0 Å². The number of halogens is 1. The van der Waals surface area contributed by atoms with E-state index in [-0.39, 0.29) is 11.9 Å². The predicted molar refractivity (Wildman–Crippen MR) is 97.3 cm³/mol. The molecule has 2 aliphatic rings. The van der Waals surface area contributed by atoms with Crippen LogP contribution in [0.25, 0.3) is 16.8 Å². The van der Waals surface area contributed by atoms with E-state index in [0.29, 0.717) is 29.6 Å². The number of hydrogen-bond acceptors (Lipinski definition) is 7. The lowest BCUT2D eigenvalue weighted by atomic mass is 10.0. The Labute approximate surface area is 158 Å². The molecular weight excluding hydrogens is 361 g/mol. The Bertz CT molecular complexity index is 1210. The summed E-state index contributed by atoms with van der Waals surface area (Å²) in [7, 11) is 0. The molecule has 0 radical (unpaired) electrons. The highest BCUT2D eigenvalue weighted by Gasteiger charge is 2.49. The molecule has 8 nitrogen and oxygen atoms in total. The average molecular weight is 375 g/mol. The van der Waals surface area contributed by atoms with E-state index < -0.39 is 0 Å². The van der Waals surface area contributed by atoms with Crippen molar-refractivity contribution in [3.05, 3.63) is 60.3 Å². The van der Waals surface area contributed by atoms with Crippen molar-refractivity contribution in [2.75, 3.05) is 5.32 Å². The highest BCUT2D eigenvalue weighted by molar-refractivity contribution is 5.76. The Kier molecular flexibility index (Phi) is 3.14. The highest BCUT2D eigenvalue weighted by atomic mass is 19.1. The van der Waals surface area contributed by atoms with Crippen molar-refractivity contribution in [1.29, 1.82) is 0 Å². The lowest BCUT2D eigenvalue weighted by Crippen LogP contribution is -2.10. The van der Waals surface area contributed by atoms with Gasteiger partial charge in [-0.05, 0) is 18.6 Å². The van der Waals surface area contributed by atoms with Crippen molar-refractivity contribution < 1.29 is 9.13 Å². The zero-order valence-electron chi connectivity index (χ0n) is 14.6. The van der Waals surface area contributed by atoms with Gasteiger partial charge in [0.25, 0.3) is 0 Å². The second-order valence-corrected chi connectivity index (χ2v) is 6.94. The highest BCUT2D eigenvalue weighted by Crippen LogP contribution is 2.55. The lowest BCUT2D eigenvalue weighted by molar-refractivity contribution is 0.318. The molecule has 4 aromatic rings. The molecular formula is C19H14FN7O. The van der Waals surface area contributed by atoms with Crippen LogP contribution in [0.15, 0.2) is 43.4 Å². The molecule has 6 rings (SSSR count). The summed E-state index contributed by atoms with van der Waals surface area (Å²) in [5.74, 6) is 1.40. The summed E-state index contributed by atoms with van der Waals surface area (Å²) in [4.78, 5) is 12.6. The Balaban J connectivity index is 1.36. The molecule has 1 fully saturated rings. The van der Waals surface area contributed by atoms with Crippen LogP contribution < -0.4 is 10.1 Å². The molecule has 9 heteroatoms. The average Bonchev–Trinajstić information content (AvgIpc) is 3.14. The van der Waals surface area contributed by atoms with Gasteiger partial charge in [0.15, 0.2) is 5.65 Å². The molecule has 0 amide bonds. The number of benzene rings is 1. The van der Waals surface area contributed by atoms with Gasteiger partial charge in [0.1, 0.15) is 30.3 Å². The van der Waals surface area contributed by atoms with Gasteiger partial charge in [-0.1, -0.05) is 0 Å². The molecule has 138 valence electrons. The minimum absolute atomic E-state index is 0.214. The van der Waals surface area contributed by atoms with Gasteiger partial charge in [0.2, 0.25) is 5.95 Å². The van der Waals surface area contributed by atoms with Gasteiger partial charge in [-0.25, -0.2) is 19.3 Å².